The molecule has 1 unspecified atom stereocenters. The number of aliphatic hydroxyl groups excluding tert-OH is 1. The van der Waals surface area contributed by atoms with Crippen LogP contribution in [0.25, 0.3) is 0 Å². The average molecular weight is 220 g/mol. The van der Waals surface area contributed by atoms with Crippen molar-refractivity contribution in [3.63, 3.8) is 0 Å². The monoisotopic (exact) mass is 220 g/mol. The topological polar surface area (TPSA) is 46.0 Å². The van der Waals surface area contributed by atoms with Gasteiger partial charge in [-0.15, -0.1) is 11.3 Å². The average Bonchev–Trinajstić information content (AvgIpc) is 2.66. The van der Waals surface area contributed by atoms with Gasteiger partial charge in [0.1, 0.15) is 0 Å². The van der Waals surface area contributed by atoms with Crippen molar-refractivity contribution < 1.29 is 5.11 Å². The molecule has 0 aliphatic heterocycles. The Hall–Kier alpha value is -1.26. The zero-order valence-electron chi connectivity index (χ0n) is 8.42. The lowest BCUT2D eigenvalue weighted by atomic mass is 10.1. The van der Waals surface area contributed by atoms with Crippen molar-refractivity contribution in [1.82, 2.24) is 9.97 Å². The van der Waals surface area contributed by atoms with E-state index in [-0.39, 0.29) is 0 Å². The summed E-state index contributed by atoms with van der Waals surface area (Å²) in [7, 11) is 0. The highest BCUT2D eigenvalue weighted by atomic mass is 32.1. The molecule has 2 heterocycles. The first kappa shape index (κ1) is 10.3. The third-order valence-corrected chi connectivity index (χ3v) is 3.11. The molecule has 1 N–H and O–H groups in total. The number of hydrogen-bond acceptors (Lipinski definition) is 4. The van der Waals surface area contributed by atoms with Gasteiger partial charge in [0.15, 0.2) is 0 Å². The first-order valence-electron chi connectivity index (χ1n) is 4.76. The van der Waals surface area contributed by atoms with Gasteiger partial charge in [-0.05, 0) is 19.1 Å². The molecule has 3 nitrogen and oxygen atoms in total. The first-order valence-corrected chi connectivity index (χ1v) is 5.57. The summed E-state index contributed by atoms with van der Waals surface area (Å²) >= 11 is 1.53. The number of hydrogen-bond donors (Lipinski definition) is 1. The maximum absolute atomic E-state index is 9.92. The summed E-state index contributed by atoms with van der Waals surface area (Å²) < 4.78 is 0. The lowest BCUT2D eigenvalue weighted by molar-refractivity contribution is 0.181. The Labute approximate surface area is 92.5 Å². The minimum atomic E-state index is -0.494. The lowest BCUT2D eigenvalue weighted by Crippen LogP contribution is -2.00. The number of aryl methyl sites for hydroxylation is 1. The summed E-state index contributed by atoms with van der Waals surface area (Å²) in [5, 5.41) is 10.9. The molecule has 2 aromatic heterocycles. The Morgan fingerprint density at radius 3 is 2.87 bits per heavy atom. The van der Waals surface area contributed by atoms with Crippen LogP contribution in [-0.4, -0.2) is 15.1 Å². The summed E-state index contributed by atoms with van der Waals surface area (Å²) in [6.07, 6.45) is 3.52. The summed E-state index contributed by atoms with van der Waals surface area (Å²) in [5.74, 6) is 0. The van der Waals surface area contributed by atoms with E-state index in [0.29, 0.717) is 6.42 Å². The summed E-state index contributed by atoms with van der Waals surface area (Å²) in [6, 6.07) is 5.71. The largest absolute Gasteiger partial charge is 0.387 e. The minimum absolute atomic E-state index is 0.494. The van der Waals surface area contributed by atoms with Gasteiger partial charge in [0.05, 0.1) is 16.0 Å². The quantitative estimate of drug-likeness (QED) is 0.861. The molecular formula is C11H12N2OS. The van der Waals surface area contributed by atoms with Crippen molar-refractivity contribution in [3.8, 4) is 0 Å². The number of rotatable bonds is 3. The van der Waals surface area contributed by atoms with Gasteiger partial charge >= 0.3 is 0 Å². The fourth-order valence-corrected chi connectivity index (χ4v) is 2.12. The molecule has 0 amide bonds. The zero-order chi connectivity index (χ0) is 10.7. The van der Waals surface area contributed by atoms with E-state index in [1.165, 1.54) is 11.3 Å². The van der Waals surface area contributed by atoms with Crippen LogP contribution in [0.5, 0.6) is 0 Å². The van der Waals surface area contributed by atoms with Gasteiger partial charge in [0.2, 0.25) is 0 Å². The molecule has 0 aliphatic carbocycles. The van der Waals surface area contributed by atoms with Crippen LogP contribution in [0.3, 0.4) is 0 Å². The Morgan fingerprint density at radius 2 is 2.27 bits per heavy atom. The molecule has 0 bridgehead atoms. The number of pyridine rings is 1. The van der Waals surface area contributed by atoms with Crippen LogP contribution < -0.4 is 0 Å². The van der Waals surface area contributed by atoms with E-state index in [9.17, 15) is 5.11 Å². The molecule has 15 heavy (non-hydrogen) atoms. The predicted molar refractivity (Wildman–Crippen MR) is 59.8 cm³/mol. The van der Waals surface area contributed by atoms with Gasteiger partial charge in [-0.1, -0.05) is 6.07 Å². The Morgan fingerprint density at radius 1 is 1.40 bits per heavy atom. The van der Waals surface area contributed by atoms with E-state index in [1.807, 2.05) is 25.1 Å². The van der Waals surface area contributed by atoms with E-state index >= 15 is 0 Å². The van der Waals surface area contributed by atoms with Gasteiger partial charge in [-0.3, -0.25) is 4.98 Å². The number of aliphatic hydroxyl groups is 1. The SMILES string of the molecule is Cc1ncc(C(O)Cc2ccccn2)s1. The fourth-order valence-electron chi connectivity index (χ4n) is 1.35. The fraction of sp³-hybridized carbons (Fsp3) is 0.273. The van der Waals surface area contributed by atoms with Crippen molar-refractivity contribution in [3.05, 3.63) is 46.2 Å². The van der Waals surface area contributed by atoms with E-state index in [2.05, 4.69) is 9.97 Å². The molecule has 2 aromatic rings. The number of aromatic nitrogens is 2. The van der Waals surface area contributed by atoms with Crippen LogP contribution >= 0.6 is 11.3 Å². The van der Waals surface area contributed by atoms with Crippen molar-refractivity contribution in [2.75, 3.05) is 0 Å². The summed E-state index contributed by atoms with van der Waals surface area (Å²) in [6.45, 7) is 1.93. The molecule has 0 aromatic carbocycles. The third kappa shape index (κ3) is 2.61. The van der Waals surface area contributed by atoms with E-state index in [1.54, 1.807) is 12.4 Å². The Kier molecular flexibility index (Phi) is 3.08. The van der Waals surface area contributed by atoms with Crippen molar-refractivity contribution in [2.45, 2.75) is 19.4 Å². The molecule has 78 valence electrons. The molecule has 0 aliphatic rings. The summed E-state index contributed by atoms with van der Waals surface area (Å²) in [5.41, 5.74) is 0.899. The zero-order valence-corrected chi connectivity index (χ0v) is 9.24. The molecule has 0 spiro atoms. The van der Waals surface area contributed by atoms with E-state index in [0.717, 1.165) is 15.6 Å². The normalized spacial score (nSPS) is 12.7. The minimum Gasteiger partial charge on any atom is -0.387 e. The predicted octanol–water partition coefficient (Wildman–Crippen LogP) is 2.12. The van der Waals surface area contributed by atoms with Crippen molar-refractivity contribution in [2.24, 2.45) is 0 Å². The van der Waals surface area contributed by atoms with Crippen LogP contribution in [-0.2, 0) is 6.42 Å². The Bertz CT molecular complexity index is 427. The molecule has 4 heteroatoms. The van der Waals surface area contributed by atoms with Crippen LogP contribution in [0.1, 0.15) is 21.7 Å². The molecule has 0 saturated carbocycles. The standard InChI is InChI=1S/C11H12N2OS/c1-8-13-7-11(15-8)10(14)6-9-4-2-3-5-12-9/h2-5,7,10,14H,6H2,1H3. The second kappa shape index (κ2) is 4.51. The summed E-state index contributed by atoms with van der Waals surface area (Å²) in [4.78, 5) is 9.19. The van der Waals surface area contributed by atoms with Crippen LogP contribution in [0.15, 0.2) is 30.6 Å². The van der Waals surface area contributed by atoms with Gasteiger partial charge in [0.25, 0.3) is 0 Å². The number of thiazole rings is 1. The maximum atomic E-state index is 9.92. The van der Waals surface area contributed by atoms with Crippen LogP contribution in [0.2, 0.25) is 0 Å². The van der Waals surface area contributed by atoms with E-state index in [4.69, 9.17) is 0 Å². The second-order valence-electron chi connectivity index (χ2n) is 3.32. The molecule has 0 radical (unpaired) electrons. The first-order chi connectivity index (χ1) is 7.25. The maximum Gasteiger partial charge on any atom is 0.0953 e. The molecule has 2 rings (SSSR count). The van der Waals surface area contributed by atoms with Gasteiger partial charge in [-0.25, -0.2) is 4.98 Å². The smallest absolute Gasteiger partial charge is 0.0953 e. The van der Waals surface area contributed by atoms with Crippen molar-refractivity contribution >= 4 is 11.3 Å². The molecule has 0 saturated heterocycles. The highest BCUT2D eigenvalue weighted by Gasteiger charge is 2.11. The third-order valence-electron chi connectivity index (χ3n) is 2.10. The molecule has 0 fully saturated rings. The Balaban J connectivity index is 2.07. The molecular weight excluding hydrogens is 208 g/mol. The van der Waals surface area contributed by atoms with Crippen LogP contribution in [0, 0.1) is 6.92 Å². The van der Waals surface area contributed by atoms with Gasteiger partial charge in [0, 0.05) is 24.5 Å². The van der Waals surface area contributed by atoms with Gasteiger partial charge in [-0.2, -0.15) is 0 Å². The van der Waals surface area contributed by atoms with Gasteiger partial charge < -0.3 is 5.11 Å². The number of nitrogens with zero attached hydrogens (tertiary/aromatic N) is 2. The molecule has 1 atom stereocenters. The van der Waals surface area contributed by atoms with Crippen LogP contribution in [0.4, 0.5) is 0 Å². The second-order valence-corrected chi connectivity index (χ2v) is 4.59. The van der Waals surface area contributed by atoms with E-state index < -0.39 is 6.10 Å². The van der Waals surface area contributed by atoms with Crippen molar-refractivity contribution in [1.29, 1.82) is 0 Å². The highest BCUT2D eigenvalue weighted by molar-refractivity contribution is 7.11. The lowest BCUT2D eigenvalue weighted by Gasteiger charge is -2.06. The highest BCUT2D eigenvalue weighted by Crippen LogP contribution is 2.22.